The van der Waals surface area contributed by atoms with Crippen LogP contribution in [0.2, 0.25) is 0 Å². The second-order valence-electron chi connectivity index (χ2n) is 9.33. The molecular weight excluding hydrogens is 552 g/mol. The molecule has 0 saturated carbocycles. The van der Waals surface area contributed by atoms with Gasteiger partial charge in [0.05, 0.1) is 0 Å². The van der Waals surface area contributed by atoms with Crippen LogP contribution in [-0.2, 0) is 23.3 Å². The Kier molecular flexibility index (Phi) is 12.4. The third-order valence-corrected chi connectivity index (χ3v) is 6.50. The molecule has 0 aromatic heterocycles. The number of aryl methyl sites for hydroxylation is 1. The van der Waals surface area contributed by atoms with E-state index in [4.69, 9.17) is 0 Å². The summed E-state index contributed by atoms with van der Waals surface area (Å²) in [6.45, 7) is 9.70. The summed E-state index contributed by atoms with van der Waals surface area (Å²) >= 11 is 1.36. The fourth-order valence-corrected chi connectivity index (χ4v) is 4.71. The molecule has 0 aliphatic carbocycles. The fourth-order valence-electron chi connectivity index (χ4n) is 4.71. The van der Waals surface area contributed by atoms with Crippen LogP contribution in [0.4, 0.5) is 0 Å². The van der Waals surface area contributed by atoms with Gasteiger partial charge in [-0.05, 0) is 17.0 Å². The number of rotatable bonds is 3. The number of hydrogen-bond donors (Lipinski definition) is 0. The van der Waals surface area contributed by atoms with Gasteiger partial charge in [0.1, 0.15) is 0 Å². The zero-order valence-corrected chi connectivity index (χ0v) is 26.6. The van der Waals surface area contributed by atoms with Crippen molar-refractivity contribution in [1.29, 1.82) is 0 Å². The summed E-state index contributed by atoms with van der Waals surface area (Å²) in [6, 6.07) is 43.4. The molecule has 6 aromatic carbocycles. The zero-order valence-electron chi connectivity index (χ0n) is 23.1. The summed E-state index contributed by atoms with van der Waals surface area (Å²) in [6.07, 6.45) is 0. The van der Waals surface area contributed by atoms with Gasteiger partial charge in [-0.2, -0.15) is 12.1 Å². The number of benzene rings is 4. The Morgan fingerprint density at radius 3 is 1.50 bits per heavy atom. The van der Waals surface area contributed by atoms with E-state index in [-0.39, 0.29) is 14.9 Å². The topological polar surface area (TPSA) is 0 Å². The number of fused-ring (bicyclic) bond motifs is 2. The van der Waals surface area contributed by atoms with Gasteiger partial charge in [-0.25, -0.2) is 0 Å². The minimum atomic E-state index is 0. The first-order valence-corrected chi connectivity index (χ1v) is 16.5. The van der Waals surface area contributed by atoms with Crippen molar-refractivity contribution in [3.8, 4) is 22.3 Å². The van der Waals surface area contributed by atoms with Crippen molar-refractivity contribution in [2.75, 3.05) is 0 Å². The van der Waals surface area contributed by atoms with E-state index in [2.05, 4.69) is 149 Å². The quantitative estimate of drug-likeness (QED) is 0.143. The summed E-state index contributed by atoms with van der Waals surface area (Å²) in [4.78, 5) is 0. The molecule has 2 heteroatoms. The van der Waals surface area contributed by atoms with Crippen molar-refractivity contribution in [2.24, 2.45) is 0 Å². The second-order valence-corrected chi connectivity index (χ2v) is 9.33. The molecule has 0 spiro atoms. The Hall–Kier alpha value is -2.80. The minimum absolute atomic E-state index is 0. The number of hydrogen-bond acceptors (Lipinski definition) is 0. The predicted octanol–water partition coefficient (Wildman–Crippen LogP) is 10.4. The Morgan fingerprint density at radius 1 is 0.579 bits per heavy atom. The molecule has 6 aromatic rings. The summed E-state index contributed by atoms with van der Waals surface area (Å²) in [5, 5.41) is 5.40. The SMILES string of the molecule is CC(C)c1cc2c(-c3ccccc3)cccc2[cH-]1.Cc1cc2c(-c3ccccc3)cccc2[cH-]1.[CH3-].[CH3-].[Si]=[Zr]. The van der Waals surface area contributed by atoms with Gasteiger partial charge in [0, 0.05) is 0 Å². The van der Waals surface area contributed by atoms with Gasteiger partial charge >= 0.3 is 30.2 Å². The van der Waals surface area contributed by atoms with Gasteiger partial charge < -0.3 is 14.9 Å². The second kappa shape index (κ2) is 15.0. The van der Waals surface area contributed by atoms with E-state index in [1.54, 1.807) is 0 Å². The van der Waals surface area contributed by atoms with Gasteiger partial charge in [-0.3, -0.25) is 0 Å². The molecule has 0 heterocycles. The van der Waals surface area contributed by atoms with Gasteiger partial charge in [0.25, 0.3) is 0 Å². The molecule has 0 saturated heterocycles. The Balaban J connectivity index is 0.000000240. The summed E-state index contributed by atoms with van der Waals surface area (Å²) in [5.74, 6) is 0.584. The van der Waals surface area contributed by atoms with Crippen LogP contribution in [0.1, 0.15) is 30.9 Å². The molecule has 38 heavy (non-hydrogen) atoms. The van der Waals surface area contributed by atoms with Crippen molar-refractivity contribution in [2.45, 2.75) is 26.7 Å². The van der Waals surface area contributed by atoms with Gasteiger partial charge in [0.2, 0.25) is 0 Å². The molecule has 6 rings (SSSR count). The van der Waals surface area contributed by atoms with Gasteiger partial charge in [-0.1, -0.05) is 105 Å². The first-order valence-electron chi connectivity index (χ1n) is 12.3. The Labute approximate surface area is 246 Å². The van der Waals surface area contributed by atoms with Crippen LogP contribution in [-0.4, -0.2) is 6.88 Å². The van der Waals surface area contributed by atoms with Crippen LogP contribution in [0.15, 0.2) is 121 Å². The third kappa shape index (κ3) is 7.19. The van der Waals surface area contributed by atoms with E-state index in [0.29, 0.717) is 5.92 Å². The van der Waals surface area contributed by atoms with Crippen LogP contribution < -0.4 is 0 Å². The average molecular weight is 588 g/mol. The van der Waals surface area contributed by atoms with E-state index in [9.17, 15) is 0 Å². The maximum absolute atomic E-state index is 3.06. The first-order chi connectivity index (χ1) is 17.6. The Morgan fingerprint density at radius 2 is 1.03 bits per heavy atom. The van der Waals surface area contributed by atoms with Crippen molar-refractivity contribution in [3.05, 3.63) is 147 Å². The van der Waals surface area contributed by atoms with Gasteiger partial charge in [-0.15, -0.1) is 69.1 Å². The van der Waals surface area contributed by atoms with Crippen molar-refractivity contribution < 1.29 is 23.3 Å². The van der Waals surface area contributed by atoms with E-state index in [1.165, 1.54) is 78.3 Å². The molecule has 0 aliphatic heterocycles. The van der Waals surface area contributed by atoms with Crippen molar-refractivity contribution in [1.82, 2.24) is 0 Å². The van der Waals surface area contributed by atoms with Crippen molar-refractivity contribution >= 4 is 28.4 Å². The summed E-state index contributed by atoms with van der Waals surface area (Å²) < 4.78 is 0. The molecule has 0 N–H and O–H groups in total. The molecule has 0 nitrogen and oxygen atoms in total. The molecule has 0 unspecified atom stereocenters. The zero-order chi connectivity index (χ0) is 25.5. The molecule has 0 fully saturated rings. The molecule has 0 aliphatic rings. The van der Waals surface area contributed by atoms with E-state index in [0.717, 1.165) is 0 Å². The molecule has 2 radical (unpaired) electrons. The normalized spacial score (nSPS) is 9.97. The van der Waals surface area contributed by atoms with Crippen molar-refractivity contribution in [3.63, 3.8) is 0 Å². The van der Waals surface area contributed by atoms with Crippen LogP contribution in [0, 0.1) is 21.8 Å². The summed E-state index contributed by atoms with van der Waals surface area (Å²) in [7, 11) is 0. The van der Waals surface area contributed by atoms with Crippen LogP contribution >= 0.6 is 0 Å². The first kappa shape index (κ1) is 31.4. The third-order valence-electron chi connectivity index (χ3n) is 6.50. The maximum atomic E-state index is 3.06. The summed E-state index contributed by atoms with van der Waals surface area (Å²) in [5.41, 5.74) is 8.00. The Bertz CT molecular complexity index is 1540. The van der Waals surface area contributed by atoms with E-state index >= 15 is 0 Å². The monoisotopic (exact) mass is 586 g/mol. The van der Waals surface area contributed by atoms with Crippen LogP contribution in [0.25, 0.3) is 43.8 Å². The average Bonchev–Trinajstić information content (AvgIpc) is 3.54. The predicted molar refractivity (Wildman–Crippen MR) is 167 cm³/mol. The molecule has 0 amide bonds. The standard InChI is InChI=1S/C18H17.C16H13.2CH3.Si.Zr/c1-13(2)16-11-15-9-6-10-17(18(15)12-16)14-7-4-3-5-8-14;1-12-10-14-8-5-9-15(16(14)11-12)13-6-3-2-4-7-13;;;;/h3-13H,1-2H3;2-11H,1H3;2*1H3;;/q4*-1;;. The fraction of sp³-hybridized carbons (Fsp3) is 0.111. The van der Waals surface area contributed by atoms with E-state index < -0.39 is 0 Å². The van der Waals surface area contributed by atoms with Gasteiger partial charge in [0.15, 0.2) is 0 Å². The molecule has 0 bridgehead atoms. The molecular formula is C36H36SiZr-4. The molecule has 192 valence electrons. The van der Waals surface area contributed by atoms with Crippen LogP contribution in [0.3, 0.4) is 0 Å². The van der Waals surface area contributed by atoms with Crippen LogP contribution in [0.5, 0.6) is 0 Å². The van der Waals surface area contributed by atoms with E-state index in [1.807, 2.05) is 0 Å². The molecule has 0 atom stereocenters.